The predicted molar refractivity (Wildman–Crippen MR) is 129 cm³/mol. The molecule has 0 bridgehead atoms. The van der Waals surface area contributed by atoms with E-state index in [4.69, 9.17) is 9.47 Å². The van der Waals surface area contributed by atoms with Gasteiger partial charge in [0.05, 0.1) is 19.3 Å². The average molecular weight is 472 g/mol. The zero-order valence-electron chi connectivity index (χ0n) is 20.2. The van der Waals surface area contributed by atoms with Crippen molar-refractivity contribution in [3.8, 4) is 0 Å². The molecular formula is C26H37N3O5. The molecule has 0 aromatic heterocycles. The Kier molecular flexibility index (Phi) is 9.51. The van der Waals surface area contributed by atoms with Gasteiger partial charge >= 0.3 is 0 Å². The molecule has 2 aliphatic rings. The molecule has 2 amide bonds. The Morgan fingerprint density at radius 2 is 1.82 bits per heavy atom. The number of carbonyl (C=O) groups is 3. The number of hydrogen-bond acceptors (Lipinski definition) is 6. The molecule has 8 heteroatoms. The van der Waals surface area contributed by atoms with E-state index in [1.54, 1.807) is 0 Å². The molecule has 8 nitrogen and oxygen atoms in total. The van der Waals surface area contributed by atoms with Gasteiger partial charge < -0.3 is 25.4 Å². The normalized spacial score (nSPS) is 19.2. The molecule has 1 aliphatic heterocycles. The first-order valence-corrected chi connectivity index (χ1v) is 12.2. The maximum absolute atomic E-state index is 13.3. The van der Waals surface area contributed by atoms with E-state index in [0.29, 0.717) is 38.4 Å². The lowest BCUT2D eigenvalue weighted by molar-refractivity contribution is -0.140. The molecule has 1 saturated heterocycles. The maximum atomic E-state index is 13.3. The second-order valence-electron chi connectivity index (χ2n) is 9.55. The monoisotopic (exact) mass is 471 g/mol. The van der Waals surface area contributed by atoms with Gasteiger partial charge in [0.2, 0.25) is 11.7 Å². The van der Waals surface area contributed by atoms with Gasteiger partial charge in [-0.3, -0.25) is 14.4 Å². The first-order valence-electron chi connectivity index (χ1n) is 12.2. The van der Waals surface area contributed by atoms with Crippen LogP contribution in [0.25, 0.3) is 0 Å². The van der Waals surface area contributed by atoms with E-state index in [2.05, 4.69) is 22.5 Å². The van der Waals surface area contributed by atoms with E-state index < -0.39 is 23.8 Å². The Morgan fingerprint density at radius 3 is 2.44 bits per heavy atom. The number of amides is 2. The molecule has 34 heavy (non-hydrogen) atoms. The van der Waals surface area contributed by atoms with Crippen molar-refractivity contribution in [3.05, 3.63) is 48.4 Å². The first kappa shape index (κ1) is 25.7. The Bertz CT molecular complexity index is 847. The van der Waals surface area contributed by atoms with E-state index in [9.17, 15) is 14.4 Å². The highest BCUT2D eigenvalue weighted by Crippen LogP contribution is 2.19. The van der Waals surface area contributed by atoms with Gasteiger partial charge in [0, 0.05) is 12.5 Å². The Balaban J connectivity index is 1.65. The summed E-state index contributed by atoms with van der Waals surface area (Å²) in [4.78, 5) is 38.7. The summed E-state index contributed by atoms with van der Waals surface area (Å²) >= 11 is 0. The topological polar surface area (TPSA) is 106 Å². The van der Waals surface area contributed by atoms with Crippen molar-refractivity contribution in [2.45, 2.75) is 76.6 Å². The third-order valence-electron chi connectivity index (χ3n) is 5.89. The van der Waals surface area contributed by atoms with Crippen molar-refractivity contribution in [2.75, 3.05) is 13.2 Å². The lowest BCUT2D eigenvalue weighted by Crippen LogP contribution is -2.53. The molecule has 1 heterocycles. The summed E-state index contributed by atoms with van der Waals surface area (Å²) < 4.78 is 11.1. The van der Waals surface area contributed by atoms with Crippen LogP contribution in [0.2, 0.25) is 0 Å². The number of aryl methyl sites for hydroxylation is 1. The summed E-state index contributed by atoms with van der Waals surface area (Å²) in [6, 6.07) is 8.20. The van der Waals surface area contributed by atoms with Crippen LogP contribution >= 0.6 is 0 Å². The fraction of sp³-hybridized carbons (Fsp3) is 0.577. The van der Waals surface area contributed by atoms with Gasteiger partial charge in [-0.05, 0) is 50.2 Å². The number of rotatable bonds is 14. The smallest absolute Gasteiger partial charge is 0.289 e. The van der Waals surface area contributed by atoms with Crippen LogP contribution in [-0.4, -0.2) is 55.0 Å². The van der Waals surface area contributed by atoms with Crippen LogP contribution in [0, 0.1) is 5.92 Å². The molecular weight excluding hydrogens is 434 g/mol. The van der Waals surface area contributed by atoms with Crippen molar-refractivity contribution in [1.82, 2.24) is 16.0 Å². The number of Topliss-reactive ketones (excluding diaryl/α,β-unsaturated/α-hetero) is 1. The van der Waals surface area contributed by atoms with Crippen molar-refractivity contribution >= 4 is 17.6 Å². The highest BCUT2D eigenvalue weighted by Gasteiger charge is 2.33. The zero-order chi connectivity index (χ0) is 24.5. The summed E-state index contributed by atoms with van der Waals surface area (Å²) in [5.74, 6) is -1.09. The van der Waals surface area contributed by atoms with Gasteiger partial charge in [-0.25, -0.2) is 0 Å². The third kappa shape index (κ3) is 8.48. The highest BCUT2D eigenvalue weighted by atomic mass is 16.6. The molecule has 0 radical (unpaired) electrons. The largest absolute Gasteiger partial charge is 0.474 e. The molecule has 3 N–H and O–H groups in total. The number of benzene rings is 1. The summed E-state index contributed by atoms with van der Waals surface area (Å²) in [7, 11) is 0. The highest BCUT2D eigenvalue weighted by molar-refractivity contribution is 6.38. The lowest BCUT2D eigenvalue weighted by atomic mass is 9.99. The lowest BCUT2D eigenvalue weighted by Gasteiger charge is -2.26. The van der Waals surface area contributed by atoms with Gasteiger partial charge in [0.15, 0.2) is 5.88 Å². The molecule has 1 aliphatic carbocycles. The molecule has 0 spiro atoms. The summed E-state index contributed by atoms with van der Waals surface area (Å²) in [5.41, 5.74) is 1.04. The molecule has 3 atom stereocenters. The van der Waals surface area contributed by atoms with Crippen LogP contribution in [0.3, 0.4) is 0 Å². The fourth-order valence-corrected chi connectivity index (χ4v) is 3.88. The third-order valence-corrected chi connectivity index (χ3v) is 5.89. The van der Waals surface area contributed by atoms with Crippen LogP contribution in [0.4, 0.5) is 0 Å². The molecule has 1 aromatic carbocycles. The van der Waals surface area contributed by atoms with Crippen LogP contribution in [-0.2, 0) is 30.3 Å². The Morgan fingerprint density at radius 1 is 1.09 bits per heavy atom. The minimum absolute atomic E-state index is 0.0670. The van der Waals surface area contributed by atoms with Crippen LogP contribution in [0.1, 0.15) is 51.5 Å². The van der Waals surface area contributed by atoms with Gasteiger partial charge in [-0.1, -0.05) is 44.2 Å². The van der Waals surface area contributed by atoms with Gasteiger partial charge in [0.1, 0.15) is 12.1 Å². The second kappa shape index (κ2) is 12.6. The van der Waals surface area contributed by atoms with E-state index in [1.165, 1.54) is 0 Å². The predicted octanol–water partition coefficient (Wildman–Crippen LogP) is 2.23. The number of ether oxygens (including phenoxy) is 2. The first-order chi connectivity index (χ1) is 16.3. The Labute approximate surface area is 201 Å². The quantitative estimate of drug-likeness (QED) is 0.284. The molecule has 3 rings (SSSR count). The standard InChI is InChI=1S/C26H37N3O5/c1-17(2)15-23(27-18(3)34-21-13-14-33-16-21)25(31)29-22(12-9-19-7-5-4-6-8-19)24(30)26(32)28-20-10-11-20/h4-8,17,20-23,27H,3,9-16H2,1-2H3,(H,28,32)(H,29,31)/t21-,22-,23-/m0/s1. The number of ketones is 1. The number of nitrogens with one attached hydrogen (secondary N) is 3. The summed E-state index contributed by atoms with van der Waals surface area (Å²) in [6.45, 7) is 9.06. The zero-order valence-corrected chi connectivity index (χ0v) is 20.2. The van der Waals surface area contributed by atoms with Crippen LogP contribution < -0.4 is 16.0 Å². The summed E-state index contributed by atoms with van der Waals surface area (Å²) in [5, 5.41) is 8.64. The molecule has 1 aromatic rings. The minimum Gasteiger partial charge on any atom is -0.474 e. The van der Waals surface area contributed by atoms with Crippen molar-refractivity contribution in [1.29, 1.82) is 0 Å². The van der Waals surface area contributed by atoms with E-state index >= 15 is 0 Å². The number of carbonyl (C=O) groups excluding carboxylic acids is 3. The van der Waals surface area contributed by atoms with Crippen LogP contribution in [0.15, 0.2) is 42.8 Å². The number of hydrogen-bond donors (Lipinski definition) is 3. The van der Waals surface area contributed by atoms with Crippen molar-refractivity contribution in [2.24, 2.45) is 5.92 Å². The van der Waals surface area contributed by atoms with Gasteiger partial charge in [0.25, 0.3) is 5.91 Å². The summed E-state index contributed by atoms with van der Waals surface area (Å²) in [6.07, 6.45) is 3.86. The van der Waals surface area contributed by atoms with E-state index in [0.717, 1.165) is 24.8 Å². The molecule has 2 fully saturated rings. The second-order valence-corrected chi connectivity index (χ2v) is 9.55. The van der Waals surface area contributed by atoms with Gasteiger partial charge in [-0.15, -0.1) is 0 Å². The maximum Gasteiger partial charge on any atom is 0.289 e. The molecule has 0 unspecified atom stereocenters. The van der Waals surface area contributed by atoms with Gasteiger partial charge in [-0.2, -0.15) is 0 Å². The van der Waals surface area contributed by atoms with Crippen LogP contribution in [0.5, 0.6) is 0 Å². The minimum atomic E-state index is -0.916. The Hall–Kier alpha value is -2.87. The van der Waals surface area contributed by atoms with Crippen molar-refractivity contribution in [3.63, 3.8) is 0 Å². The van der Waals surface area contributed by atoms with E-state index in [1.807, 2.05) is 44.2 Å². The average Bonchev–Trinajstić information content (AvgIpc) is 3.47. The SMILES string of the molecule is C=C(N[C@@H](CC(C)C)C(=O)N[C@@H](CCc1ccccc1)C(=O)C(=O)NC1CC1)O[C@H]1CCOC1. The van der Waals surface area contributed by atoms with Crippen molar-refractivity contribution < 1.29 is 23.9 Å². The molecule has 186 valence electrons. The fourth-order valence-electron chi connectivity index (χ4n) is 3.88. The van der Waals surface area contributed by atoms with E-state index in [-0.39, 0.29) is 24.0 Å². The molecule has 1 saturated carbocycles.